The van der Waals surface area contributed by atoms with Crippen LogP contribution < -0.4 is 15.5 Å². The summed E-state index contributed by atoms with van der Waals surface area (Å²) in [7, 11) is 1.91. The molecule has 0 saturated carbocycles. The van der Waals surface area contributed by atoms with Gasteiger partial charge in [0.2, 0.25) is 5.91 Å². The van der Waals surface area contributed by atoms with E-state index < -0.39 is 0 Å². The van der Waals surface area contributed by atoms with Crippen molar-refractivity contribution in [2.45, 2.75) is 13.0 Å². The van der Waals surface area contributed by atoms with Crippen LogP contribution >= 0.6 is 0 Å². The summed E-state index contributed by atoms with van der Waals surface area (Å²) in [5.74, 6) is -0.00573. The second kappa shape index (κ2) is 5.37. The molecule has 1 atom stereocenters. The van der Waals surface area contributed by atoms with Crippen LogP contribution in [0.25, 0.3) is 0 Å². The molecule has 3 N–H and O–H groups in total. The molecule has 98 valence electrons. The summed E-state index contributed by atoms with van der Waals surface area (Å²) in [6, 6.07) is 5.63. The van der Waals surface area contributed by atoms with Crippen LogP contribution in [-0.4, -0.2) is 37.8 Å². The number of nitrogens with zero attached hydrogens (tertiary/aromatic N) is 1. The molecule has 2 rings (SSSR count). The zero-order valence-electron chi connectivity index (χ0n) is 10.7. The highest BCUT2D eigenvalue weighted by Gasteiger charge is 2.29. The minimum atomic E-state index is -0.248. The van der Waals surface area contributed by atoms with Crippen molar-refractivity contribution >= 4 is 17.3 Å². The average molecular weight is 249 g/mol. The highest BCUT2D eigenvalue weighted by molar-refractivity contribution is 6.03. The Morgan fingerprint density at radius 3 is 2.94 bits per heavy atom. The highest BCUT2D eigenvalue weighted by Crippen LogP contribution is 2.33. The number of anilines is 2. The Morgan fingerprint density at radius 1 is 1.50 bits per heavy atom. The molecular weight excluding hydrogens is 230 g/mol. The van der Waals surface area contributed by atoms with Crippen molar-refractivity contribution in [1.29, 1.82) is 0 Å². The average Bonchev–Trinajstić information content (AvgIpc) is 2.66. The number of aliphatic hydroxyl groups excluding tert-OH is 1. The molecule has 1 amide bonds. The number of benzene rings is 1. The third kappa shape index (κ3) is 2.32. The number of carbonyl (C=O) groups is 1. The lowest BCUT2D eigenvalue weighted by Gasteiger charge is -2.19. The lowest BCUT2D eigenvalue weighted by atomic mass is 10.1. The first-order valence-electron chi connectivity index (χ1n) is 6.17. The molecule has 0 saturated heterocycles. The number of hydrogen-bond donors (Lipinski definition) is 3. The number of nitrogens with one attached hydrogen (secondary N) is 2. The van der Waals surface area contributed by atoms with Gasteiger partial charge in [0.05, 0.1) is 6.61 Å². The first-order chi connectivity index (χ1) is 8.67. The molecule has 1 unspecified atom stereocenters. The van der Waals surface area contributed by atoms with Crippen LogP contribution in [0.2, 0.25) is 0 Å². The van der Waals surface area contributed by atoms with E-state index in [1.165, 1.54) is 0 Å². The lowest BCUT2D eigenvalue weighted by Crippen LogP contribution is -2.27. The first-order valence-corrected chi connectivity index (χ1v) is 6.17. The molecule has 5 heteroatoms. The van der Waals surface area contributed by atoms with E-state index in [1.54, 1.807) is 0 Å². The predicted molar refractivity (Wildman–Crippen MR) is 71.8 cm³/mol. The lowest BCUT2D eigenvalue weighted by molar-refractivity contribution is -0.117. The number of fused-ring (bicyclic) bond motifs is 1. The molecule has 1 heterocycles. The third-order valence-electron chi connectivity index (χ3n) is 3.15. The van der Waals surface area contributed by atoms with Gasteiger partial charge in [0.1, 0.15) is 6.04 Å². The van der Waals surface area contributed by atoms with Gasteiger partial charge in [-0.2, -0.15) is 0 Å². The van der Waals surface area contributed by atoms with E-state index in [4.69, 9.17) is 5.11 Å². The molecule has 0 fully saturated rings. The van der Waals surface area contributed by atoms with Gasteiger partial charge in [-0.1, -0.05) is 13.0 Å². The van der Waals surface area contributed by atoms with Gasteiger partial charge < -0.3 is 20.6 Å². The molecule has 1 aromatic carbocycles. The Balaban J connectivity index is 2.24. The van der Waals surface area contributed by atoms with E-state index in [2.05, 4.69) is 10.6 Å². The van der Waals surface area contributed by atoms with Gasteiger partial charge in [-0.3, -0.25) is 4.79 Å². The van der Waals surface area contributed by atoms with Crippen molar-refractivity contribution in [3.05, 3.63) is 23.8 Å². The van der Waals surface area contributed by atoms with Crippen molar-refractivity contribution < 1.29 is 9.90 Å². The first kappa shape index (κ1) is 12.9. The van der Waals surface area contributed by atoms with Crippen molar-refractivity contribution in [1.82, 2.24) is 5.32 Å². The Bertz CT molecular complexity index is 448. The summed E-state index contributed by atoms with van der Waals surface area (Å²) in [5, 5.41) is 15.0. The number of rotatable bonds is 5. The normalized spacial score (nSPS) is 17.5. The Hall–Kier alpha value is -1.59. The molecule has 0 bridgehead atoms. The fourth-order valence-corrected chi connectivity index (χ4v) is 2.17. The van der Waals surface area contributed by atoms with Crippen LogP contribution in [0.5, 0.6) is 0 Å². The molecule has 0 radical (unpaired) electrons. The minimum absolute atomic E-state index is 0.00573. The highest BCUT2D eigenvalue weighted by atomic mass is 16.3. The van der Waals surface area contributed by atoms with Gasteiger partial charge in [-0.15, -0.1) is 0 Å². The molecule has 18 heavy (non-hydrogen) atoms. The summed E-state index contributed by atoms with van der Waals surface area (Å²) < 4.78 is 0. The topological polar surface area (TPSA) is 64.6 Å². The third-order valence-corrected chi connectivity index (χ3v) is 3.15. The van der Waals surface area contributed by atoms with Gasteiger partial charge in [0.15, 0.2) is 0 Å². The van der Waals surface area contributed by atoms with Crippen LogP contribution in [0.15, 0.2) is 18.2 Å². The zero-order chi connectivity index (χ0) is 13.1. The van der Waals surface area contributed by atoms with E-state index in [0.717, 1.165) is 23.5 Å². The maximum atomic E-state index is 11.8. The second-order valence-electron chi connectivity index (χ2n) is 4.40. The van der Waals surface area contributed by atoms with Crippen molar-refractivity contribution in [3.8, 4) is 0 Å². The molecule has 1 aliphatic rings. The number of hydrogen-bond acceptors (Lipinski definition) is 4. The molecule has 0 spiro atoms. The van der Waals surface area contributed by atoms with Crippen molar-refractivity contribution in [3.63, 3.8) is 0 Å². The number of aliphatic hydroxyl groups is 1. The summed E-state index contributed by atoms with van der Waals surface area (Å²) in [6.07, 6.45) is 0. The SMILES string of the molecule is CCNC1C(=O)Nc2cc(N(C)CCO)ccc21. The van der Waals surface area contributed by atoms with E-state index in [9.17, 15) is 4.79 Å². The Morgan fingerprint density at radius 2 is 2.28 bits per heavy atom. The maximum absolute atomic E-state index is 11.8. The zero-order valence-corrected chi connectivity index (χ0v) is 10.7. The Labute approximate surface area is 107 Å². The number of likely N-dealkylation sites (N-methyl/N-ethyl adjacent to an activating group) is 2. The van der Waals surface area contributed by atoms with E-state index in [-0.39, 0.29) is 18.6 Å². The predicted octanol–water partition coefficient (Wildman–Crippen LogP) is 0.718. The smallest absolute Gasteiger partial charge is 0.246 e. The van der Waals surface area contributed by atoms with Crippen molar-refractivity contribution in [2.75, 3.05) is 37.0 Å². The molecular formula is C13H19N3O2. The number of amides is 1. The van der Waals surface area contributed by atoms with Crippen LogP contribution in [0.3, 0.4) is 0 Å². The van der Waals surface area contributed by atoms with Crippen LogP contribution in [0, 0.1) is 0 Å². The summed E-state index contributed by atoms with van der Waals surface area (Å²) in [5.41, 5.74) is 2.83. The van der Waals surface area contributed by atoms with Gasteiger partial charge in [0, 0.05) is 30.5 Å². The number of carbonyl (C=O) groups excluding carboxylic acids is 1. The fourth-order valence-electron chi connectivity index (χ4n) is 2.17. The summed E-state index contributed by atoms with van der Waals surface area (Å²) in [4.78, 5) is 13.8. The van der Waals surface area contributed by atoms with Crippen LogP contribution in [0.1, 0.15) is 18.5 Å². The molecule has 1 aromatic rings. The van der Waals surface area contributed by atoms with E-state index >= 15 is 0 Å². The molecule has 0 aromatic heterocycles. The van der Waals surface area contributed by atoms with Gasteiger partial charge in [-0.25, -0.2) is 0 Å². The van der Waals surface area contributed by atoms with E-state index in [0.29, 0.717) is 6.54 Å². The maximum Gasteiger partial charge on any atom is 0.246 e. The summed E-state index contributed by atoms with van der Waals surface area (Å²) >= 11 is 0. The summed E-state index contributed by atoms with van der Waals surface area (Å²) in [6.45, 7) is 3.42. The van der Waals surface area contributed by atoms with Gasteiger partial charge >= 0.3 is 0 Å². The largest absolute Gasteiger partial charge is 0.395 e. The van der Waals surface area contributed by atoms with Crippen LogP contribution in [0.4, 0.5) is 11.4 Å². The standard InChI is InChI=1S/C13H19N3O2/c1-3-14-12-10-5-4-9(16(2)6-7-17)8-11(10)15-13(12)18/h4-5,8,12,14,17H,3,6-7H2,1-2H3,(H,15,18). The van der Waals surface area contributed by atoms with Crippen molar-refractivity contribution in [2.24, 2.45) is 0 Å². The molecule has 5 nitrogen and oxygen atoms in total. The quantitative estimate of drug-likeness (QED) is 0.719. The molecule has 1 aliphatic heterocycles. The molecule has 0 aliphatic carbocycles. The van der Waals surface area contributed by atoms with E-state index in [1.807, 2.05) is 37.1 Å². The van der Waals surface area contributed by atoms with Gasteiger partial charge in [-0.05, 0) is 18.7 Å². The van der Waals surface area contributed by atoms with Crippen LogP contribution in [-0.2, 0) is 4.79 Å². The fraction of sp³-hybridized carbons (Fsp3) is 0.462. The minimum Gasteiger partial charge on any atom is -0.395 e. The Kier molecular flexibility index (Phi) is 3.84. The second-order valence-corrected chi connectivity index (χ2v) is 4.40. The monoisotopic (exact) mass is 249 g/mol. The van der Waals surface area contributed by atoms with Gasteiger partial charge in [0.25, 0.3) is 0 Å².